The Hall–Kier alpha value is -3.38. The topological polar surface area (TPSA) is 100 Å². The fraction of sp³-hybridized carbons (Fsp3) is 0.286. The number of aromatic nitrogens is 3. The number of hydrogen-bond acceptors (Lipinski definition) is 5. The van der Waals surface area contributed by atoms with Crippen molar-refractivity contribution in [1.82, 2.24) is 29.3 Å². The standard InChI is InChI=1S/C21H22F2N6O3S/c1-15(16-2-5-18(6-3-16)29-14-24-13-25-29)26-21(30)27-8-10-28(11-9-27)33(31,32)20-12-17(22)4-7-19(20)23/h2-7,12-15H,8-11H2,1H3,(H,26,30)/t15-/m0/s1. The first-order valence-electron chi connectivity index (χ1n) is 10.2. The largest absolute Gasteiger partial charge is 0.331 e. The molecule has 0 radical (unpaired) electrons. The summed E-state index contributed by atoms with van der Waals surface area (Å²) < 4.78 is 55.5. The summed E-state index contributed by atoms with van der Waals surface area (Å²) in [7, 11) is -4.20. The van der Waals surface area contributed by atoms with Gasteiger partial charge in [0.1, 0.15) is 29.2 Å². The van der Waals surface area contributed by atoms with E-state index in [0.29, 0.717) is 6.07 Å². The molecule has 1 atom stereocenters. The van der Waals surface area contributed by atoms with Gasteiger partial charge in [0.25, 0.3) is 0 Å². The third kappa shape index (κ3) is 4.86. The minimum Gasteiger partial charge on any atom is -0.331 e. The third-order valence-electron chi connectivity index (χ3n) is 5.45. The van der Waals surface area contributed by atoms with Gasteiger partial charge in [-0.25, -0.2) is 31.7 Å². The van der Waals surface area contributed by atoms with Crippen molar-refractivity contribution in [3.8, 4) is 5.69 Å². The van der Waals surface area contributed by atoms with Crippen LogP contribution in [0, 0.1) is 11.6 Å². The van der Waals surface area contributed by atoms with Crippen LogP contribution < -0.4 is 5.32 Å². The lowest BCUT2D eigenvalue weighted by Crippen LogP contribution is -2.53. The van der Waals surface area contributed by atoms with E-state index in [2.05, 4.69) is 15.4 Å². The maximum Gasteiger partial charge on any atom is 0.317 e. The van der Waals surface area contributed by atoms with E-state index in [9.17, 15) is 22.0 Å². The summed E-state index contributed by atoms with van der Waals surface area (Å²) in [6.07, 6.45) is 3.03. The van der Waals surface area contributed by atoms with Gasteiger partial charge in [-0.3, -0.25) is 0 Å². The first-order chi connectivity index (χ1) is 15.8. The number of amides is 2. The Morgan fingerprint density at radius 1 is 1.06 bits per heavy atom. The smallest absolute Gasteiger partial charge is 0.317 e. The van der Waals surface area contributed by atoms with Crippen LogP contribution in [0.1, 0.15) is 18.5 Å². The SMILES string of the molecule is C[C@H](NC(=O)N1CCN(S(=O)(=O)c2cc(F)ccc2F)CC1)c1ccc(-n2cncn2)cc1. The van der Waals surface area contributed by atoms with Gasteiger partial charge in [0, 0.05) is 26.2 Å². The summed E-state index contributed by atoms with van der Waals surface area (Å²) in [5, 5.41) is 6.96. The van der Waals surface area contributed by atoms with Crippen LogP contribution in [0.25, 0.3) is 5.69 Å². The van der Waals surface area contributed by atoms with Crippen LogP contribution in [0.2, 0.25) is 0 Å². The lowest BCUT2D eigenvalue weighted by Gasteiger charge is -2.34. The number of carbonyl (C=O) groups is 1. The molecule has 174 valence electrons. The van der Waals surface area contributed by atoms with Crippen molar-refractivity contribution in [3.63, 3.8) is 0 Å². The number of rotatable bonds is 5. The summed E-state index contributed by atoms with van der Waals surface area (Å²) in [5.74, 6) is -1.85. The molecule has 1 aliphatic heterocycles. The third-order valence-corrected chi connectivity index (χ3v) is 7.37. The molecule has 1 aliphatic rings. The molecule has 1 fully saturated rings. The molecule has 1 N–H and O–H groups in total. The number of piperazine rings is 1. The molecule has 2 amide bonds. The van der Waals surface area contributed by atoms with Crippen molar-refractivity contribution in [2.75, 3.05) is 26.2 Å². The normalized spacial score (nSPS) is 15.9. The summed E-state index contributed by atoms with van der Waals surface area (Å²) in [5.41, 5.74) is 1.72. The highest BCUT2D eigenvalue weighted by atomic mass is 32.2. The molecule has 0 unspecified atom stereocenters. The van der Waals surface area contributed by atoms with Crippen LogP contribution in [0.3, 0.4) is 0 Å². The van der Waals surface area contributed by atoms with E-state index in [0.717, 1.165) is 27.7 Å². The fourth-order valence-electron chi connectivity index (χ4n) is 3.56. The minimum atomic E-state index is -4.20. The molecular weight excluding hydrogens is 454 g/mol. The zero-order valence-electron chi connectivity index (χ0n) is 17.7. The molecule has 2 aromatic carbocycles. The lowest BCUT2D eigenvalue weighted by molar-refractivity contribution is 0.169. The highest BCUT2D eigenvalue weighted by molar-refractivity contribution is 7.89. The van der Waals surface area contributed by atoms with Crippen LogP contribution in [-0.4, -0.2) is 64.6 Å². The zero-order valence-corrected chi connectivity index (χ0v) is 18.5. The van der Waals surface area contributed by atoms with Gasteiger partial charge >= 0.3 is 6.03 Å². The van der Waals surface area contributed by atoms with E-state index in [1.165, 1.54) is 11.2 Å². The van der Waals surface area contributed by atoms with Crippen LogP contribution in [0.15, 0.2) is 60.0 Å². The molecule has 1 saturated heterocycles. The summed E-state index contributed by atoms with van der Waals surface area (Å²) in [4.78, 5) is 17.4. The van der Waals surface area contributed by atoms with Gasteiger partial charge in [-0.1, -0.05) is 12.1 Å². The van der Waals surface area contributed by atoms with Crippen molar-refractivity contribution < 1.29 is 22.0 Å². The number of nitrogens with one attached hydrogen (secondary N) is 1. The molecule has 0 aliphatic carbocycles. The second-order valence-electron chi connectivity index (χ2n) is 7.57. The van der Waals surface area contributed by atoms with E-state index >= 15 is 0 Å². The van der Waals surface area contributed by atoms with Crippen LogP contribution >= 0.6 is 0 Å². The average Bonchev–Trinajstić information content (AvgIpc) is 3.36. The minimum absolute atomic E-state index is 0.0211. The fourth-order valence-corrected chi connectivity index (χ4v) is 5.06. The Bertz CT molecular complexity index is 1230. The number of urea groups is 1. The molecule has 0 spiro atoms. The predicted molar refractivity (Wildman–Crippen MR) is 115 cm³/mol. The monoisotopic (exact) mass is 476 g/mol. The summed E-state index contributed by atoms with van der Waals surface area (Å²) >= 11 is 0. The van der Waals surface area contributed by atoms with Gasteiger partial charge in [0.2, 0.25) is 10.0 Å². The van der Waals surface area contributed by atoms with E-state index in [1.54, 1.807) is 11.0 Å². The van der Waals surface area contributed by atoms with Crippen molar-refractivity contribution in [3.05, 3.63) is 72.3 Å². The maximum atomic E-state index is 14.0. The molecular formula is C21H22F2N6O3S. The molecule has 0 saturated carbocycles. The average molecular weight is 477 g/mol. The second kappa shape index (κ2) is 9.24. The van der Waals surface area contributed by atoms with E-state index in [-0.39, 0.29) is 38.3 Å². The number of benzene rings is 2. The second-order valence-corrected chi connectivity index (χ2v) is 9.47. The van der Waals surface area contributed by atoms with Gasteiger partial charge < -0.3 is 10.2 Å². The van der Waals surface area contributed by atoms with Gasteiger partial charge in [-0.05, 0) is 42.8 Å². The van der Waals surface area contributed by atoms with Crippen LogP contribution in [0.4, 0.5) is 13.6 Å². The maximum absolute atomic E-state index is 14.0. The molecule has 1 aromatic heterocycles. The summed E-state index contributed by atoms with van der Waals surface area (Å²) in [6, 6.07) is 9.16. The Balaban J connectivity index is 1.35. The van der Waals surface area contributed by atoms with Crippen molar-refractivity contribution in [1.29, 1.82) is 0 Å². The van der Waals surface area contributed by atoms with E-state index in [4.69, 9.17) is 0 Å². The first-order valence-corrected chi connectivity index (χ1v) is 11.7. The number of halogens is 2. The Kier molecular flexibility index (Phi) is 6.38. The van der Waals surface area contributed by atoms with Gasteiger partial charge in [0.15, 0.2) is 0 Å². The molecule has 0 bridgehead atoms. The number of carbonyl (C=O) groups excluding carboxylic acids is 1. The van der Waals surface area contributed by atoms with E-state index < -0.39 is 26.6 Å². The molecule has 3 aromatic rings. The molecule has 4 rings (SSSR count). The van der Waals surface area contributed by atoms with Crippen molar-refractivity contribution in [2.45, 2.75) is 17.9 Å². The Labute approximate surface area is 189 Å². The summed E-state index contributed by atoms with van der Waals surface area (Å²) in [6.45, 7) is 2.05. The number of hydrogen-bond donors (Lipinski definition) is 1. The highest BCUT2D eigenvalue weighted by Crippen LogP contribution is 2.22. The van der Waals surface area contributed by atoms with Gasteiger partial charge in [-0.2, -0.15) is 9.40 Å². The molecule has 12 heteroatoms. The molecule has 2 heterocycles. The number of nitrogens with zero attached hydrogens (tertiary/aromatic N) is 5. The molecule has 33 heavy (non-hydrogen) atoms. The Morgan fingerprint density at radius 3 is 2.39 bits per heavy atom. The van der Waals surface area contributed by atoms with Crippen molar-refractivity contribution >= 4 is 16.1 Å². The zero-order chi connectivity index (χ0) is 23.6. The lowest BCUT2D eigenvalue weighted by atomic mass is 10.1. The van der Waals surface area contributed by atoms with Crippen molar-refractivity contribution in [2.24, 2.45) is 0 Å². The van der Waals surface area contributed by atoms with Crippen LogP contribution in [-0.2, 0) is 10.0 Å². The van der Waals surface area contributed by atoms with Gasteiger partial charge in [-0.15, -0.1) is 0 Å². The predicted octanol–water partition coefficient (Wildman–Crippen LogP) is 2.32. The number of sulfonamides is 1. The molecule has 9 nitrogen and oxygen atoms in total. The van der Waals surface area contributed by atoms with E-state index in [1.807, 2.05) is 31.2 Å². The first kappa shape index (κ1) is 22.8. The highest BCUT2D eigenvalue weighted by Gasteiger charge is 2.32. The Morgan fingerprint density at radius 2 is 1.76 bits per heavy atom. The quantitative estimate of drug-likeness (QED) is 0.609. The van der Waals surface area contributed by atoms with Gasteiger partial charge in [0.05, 0.1) is 11.7 Å². The van der Waals surface area contributed by atoms with Crippen LogP contribution in [0.5, 0.6) is 0 Å².